The second kappa shape index (κ2) is 6.35. The number of carbonyl (C=O) groups is 1. The van der Waals surface area contributed by atoms with Crippen LogP contribution >= 0.6 is 0 Å². The molecule has 1 amide bonds. The van der Waals surface area contributed by atoms with Crippen molar-refractivity contribution in [2.45, 2.75) is 25.8 Å². The van der Waals surface area contributed by atoms with Gasteiger partial charge in [-0.1, -0.05) is 0 Å². The summed E-state index contributed by atoms with van der Waals surface area (Å²) in [6, 6.07) is 4.39. The van der Waals surface area contributed by atoms with Gasteiger partial charge in [-0.05, 0) is 31.9 Å². The smallest absolute Gasteiger partial charge is 0.269 e. The van der Waals surface area contributed by atoms with Gasteiger partial charge in [0.05, 0.1) is 0 Å². The highest BCUT2D eigenvalue weighted by Gasteiger charge is 2.19. The molecule has 1 saturated carbocycles. The fourth-order valence-electron chi connectivity index (χ4n) is 1.69. The number of pyridine rings is 1. The first kappa shape index (κ1) is 12.8. The minimum atomic E-state index is -0.128. The lowest BCUT2D eigenvalue weighted by atomic mass is 10.3. The van der Waals surface area contributed by atoms with E-state index in [1.54, 1.807) is 12.3 Å². The van der Waals surface area contributed by atoms with E-state index in [9.17, 15) is 4.79 Å². The lowest BCUT2D eigenvalue weighted by Gasteiger charge is -2.08. The fourth-order valence-corrected chi connectivity index (χ4v) is 1.69. The topological polar surface area (TPSA) is 66.1 Å². The summed E-state index contributed by atoms with van der Waals surface area (Å²) in [7, 11) is 0. The second-order valence-corrected chi connectivity index (χ2v) is 4.44. The highest BCUT2D eigenvalue weighted by atomic mass is 16.1. The molecule has 1 aromatic rings. The molecule has 1 aliphatic carbocycles. The monoisotopic (exact) mass is 248 g/mol. The molecule has 0 aromatic carbocycles. The number of amides is 1. The van der Waals surface area contributed by atoms with Gasteiger partial charge < -0.3 is 16.0 Å². The molecular weight excluding hydrogens is 228 g/mol. The summed E-state index contributed by atoms with van der Waals surface area (Å²) >= 11 is 0. The normalized spacial score (nSPS) is 14.3. The van der Waals surface area contributed by atoms with E-state index in [2.05, 4.69) is 20.9 Å². The number of hydrogen-bond donors (Lipinski definition) is 3. The number of hydrogen-bond acceptors (Lipinski definition) is 4. The van der Waals surface area contributed by atoms with E-state index in [1.165, 1.54) is 12.8 Å². The van der Waals surface area contributed by atoms with E-state index >= 15 is 0 Å². The number of nitrogens with zero attached hydrogens (tertiary/aromatic N) is 1. The highest BCUT2D eigenvalue weighted by molar-refractivity contribution is 5.93. The zero-order chi connectivity index (χ0) is 12.8. The molecule has 3 N–H and O–H groups in total. The van der Waals surface area contributed by atoms with Gasteiger partial charge in [-0.2, -0.15) is 0 Å². The molecule has 0 radical (unpaired) electrons. The molecule has 0 aliphatic heterocycles. The number of aromatic nitrogens is 1. The number of nitrogens with one attached hydrogen (secondary N) is 3. The molecule has 5 heteroatoms. The van der Waals surface area contributed by atoms with Crippen molar-refractivity contribution in [3.05, 3.63) is 24.0 Å². The van der Waals surface area contributed by atoms with Crippen molar-refractivity contribution in [3.8, 4) is 0 Å². The Balaban J connectivity index is 1.79. The van der Waals surface area contributed by atoms with Crippen LogP contribution in [0.1, 0.15) is 30.3 Å². The Bertz CT molecular complexity index is 404. The average Bonchev–Trinajstić information content (AvgIpc) is 3.19. The van der Waals surface area contributed by atoms with E-state index in [-0.39, 0.29) is 5.91 Å². The molecule has 2 rings (SSSR count). The van der Waals surface area contributed by atoms with Crippen LogP contribution < -0.4 is 16.0 Å². The summed E-state index contributed by atoms with van der Waals surface area (Å²) in [5.74, 6) is -0.128. The van der Waals surface area contributed by atoms with Crippen LogP contribution in [0.4, 0.5) is 5.69 Å². The van der Waals surface area contributed by atoms with Crippen LogP contribution in [0.3, 0.4) is 0 Å². The van der Waals surface area contributed by atoms with Gasteiger partial charge in [0.15, 0.2) is 0 Å². The highest BCUT2D eigenvalue weighted by Crippen LogP contribution is 2.18. The predicted molar refractivity (Wildman–Crippen MR) is 71.8 cm³/mol. The molecule has 0 atom stereocenters. The van der Waals surface area contributed by atoms with E-state index < -0.39 is 0 Å². The fraction of sp³-hybridized carbons (Fsp3) is 0.538. The Labute approximate surface area is 107 Å². The van der Waals surface area contributed by atoms with E-state index in [4.69, 9.17) is 0 Å². The van der Waals surface area contributed by atoms with Crippen molar-refractivity contribution in [2.75, 3.05) is 25.0 Å². The molecule has 0 bridgehead atoms. The summed E-state index contributed by atoms with van der Waals surface area (Å²) < 4.78 is 0. The molecule has 0 unspecified atom stereocenters. The zero-order valence-corrected chi connectivity index (χ0v) is 10.7. The van der Waals surface area contributed by atoms with Gasteiger partial charge in [-0.15, -0.1) is 0 Å². The van der Waals surface area contributed by atoms with E-state index in [1.807, 2.05) is 13.0 Å². The summed E-state index contributed by atoms with van der Waals surface area (Å²) in [5.41, 5.74) is 1.39. The maximum atomic E-state index is 11.6. The minimum absolute atomic E-state index is 0.128. The lowest BCUT2D eigenvalue weighted by molar-refractivity contribution is 0.0951. The quantitative estimate of drug-likeness (QED) is 0.630. The molecule has 98 valence electrons. The molecule has 1 heterocycles. The molecule has 1 fully saturated rings. The molecule has 5 nitrogen and oxygen atoms in total. The third-order valence-electron chi connectivity index (χ3n) is 2.79. The Hall–Kier alpha value is -1.62. The van der Waals surface area contributed by atoms with Crippen LogP contribution in [0.5, 0.6) is 0 Å². The van der Waals surface area contributed by atoms with Crippen molar-refractivity contribution in [3.63, 3.8) is 0 Å². The van der Waals surface area contributed by atoms with Gasteiger partial charge in [0, 0.05) is 37.6 Å². The Morgan fingerprint density at radius 1 is 1.44 bits per heavy atom. The first-order chi connectivity index (χ1) is 8.79. The van der Waals surface area contributed by atoms with Crippen molar-refractivity contribution < 1.29 is 4.79 Å². The number of anilines is 1. The molecule has 1 aliphatic rings. The Kier molecular flexibility index (Phi) is 4.52. The predicted octanol–water partition coefficient (Wildman–Crippen LogP) is 0.995. The second-order valence-electron chi connectivity index (χ2n) is 4.44. The molecular formula is C13H20N4O. The number of rotatable bonds is 7. The van der Waals surface area contributed by atoms with E-state index in [0.717, 1.165) is 24.8 Å². The van der Waals surface area contributed by atoms with Crippen LogP contribution in [0.15, 0.2) is 18.3 Å². The summed E-state index contributed by atoms with van der Waals surface area (Å²) in [4.78, 5) is 15.7. The SMILES string of the molecule is CCNC(=O)c1cc(NCCNC2CC2)ccn1. The first-order valence-corrected chi connectivity index (χ1v) is 6.51. The summed E-state index contributed by atoms with van der Waals surface area (Å²) in [6.07, 6.45) is 4.26. The van der Waals surface area contributed by atoms with Gasteiger partial charge in [0.1, 0.15) is 5.69 Å². The maximum absolute atomic E-state index is 11.6. The summed E-state index contributed by atoms with van der Waals surface area (Å²) in [6.45, 7) is 4.31. The Morgan fingerprint density at radius 3 is 3.00 bits per heavy atom. The van der Waals surface area contributed by atoms with Crippen LogP contribution in [-0.2, 0) is 0 Å². The van der Waals surface area contributed by atoms with Gasteiger partial charge in [0.25, 0.3) is 5.91 Å². The lowest BCUT2D eigenvalue weighted by Crippen LogP contribution is -2.25. The van der Waals surface area contributed by atoms with Gasteiger partial charge in [-0.3, -0.25) is 9.78 Å². The van der Waals surface area contributed by atoms with Crippen LogP contribution in [0, 0.1) is 0 Å². The van der Waals surface area contributed by atoms with Crippen LogP contribution in [0.2, 0.25) is 0 Å². The minimum Gasteiger partial charge on any atom is -0.384 e. The molecule has 18 heavy (non-hydrogen) atoms. The maximum Gasteiger partial charge on any atom is 0.269 e. The molecule has 0 saturated heterocycles. The van der Waals surface area contributed by atoms with E-state index in [0.29, 0.717) is 12.2 Å². The van der Waals surface area contributed by atoms with Gasteiger partial charge >= 0.3 is 0 Å². The van der Waals surface area contributed by atoms with Crippen LogP contribution in [0.25, 0.3) is 0 Å². The average molecular weight is 248 g/mol. The summed E-state index contributed by atoms with van der Waals surface area (Å²) in [5, 5.41) is 9.45. The van der Waals surface area contributed by atoms with Crippen molar-refractivity contribution in [2.24, 2.45) is 0 Å². The standard InChI is InChI=1S/C13H20N4O/c1-2-14-13(18)12-9-11(5-6-17-12)16-8-7-15-10-3-4-10/h5-6,9-10,15H,2-4,7-8H2,1H3,(H,14,18)(H,16,17). The molecule has 1 aromatic heterocycles. The van der Waals surface area contributed by atoms with Crippen LogP contribution in [-0.4, -0.2) is 36.6 Å². The number of carbonyl (C=O) groups excluding carboxylic acids is 1. The van der Waals surface area contributed by atoms with Gasteiger partial charge in [-0.25, -0.2) is 0 Å². The largest absolute Gasteiger partial charge is 0.384 e. The third-order valence-corrected chi connectivity index (χ3v) is 2.79. The third kappa shape index (κ3) is 4.00. The Morgan fingerprint density at radius 2 is 2.28 bits per heavy atom. The van der Waals surface area contributed by atoms with Crippen molar-refractivity contribution in [1.82, 2.24) is 15.6 Å². The molecule has 0 spiro atoms. The van der Waals surface area contributed by atoms with Gasteiger partial charge in [0.2, 0.25) is 0 Å². The zero-order valence-electron chi connectivity index (χ0n) is 10.7. The van der Waals surface area contributed by atoms with Crippen molar-refractivity contribution in [1.29, 1.82) is 0 Å². The van der Waals surface area contributed by atoms with Crippen molar-refractivity contribution >= 4 is 11.6 Å². The first-order valence-electron chi connectivity index (χ1n) is 6.51.